The van der Waals surface area contributed by atoms with Crippen LogP contribution in [0.15, 0.2) is 24.3 Å². The maximum atomic E-state index is 12.7. The minimum atomic E-state index is 0.0769. The summed E-state index contributed by atoms with van der Waals surface area (Å²) in [5.74, 6) is 2.63. The molecule has 1 aromatic carbocycles. The van der Waals surface area contributed by atoms with E-state index in [2.05, 4.69) is 13.0 Å². The average molecular weight is 272 g/mol. The number of rotatable bonds is 3. The highest BCUT2D eigenvalue weighted by Gasteiger charge is 2.33. The van der Waals surface area contributed by atoms with Gasteiger partial charge in [-0.2, -0.15) is 0 Å². The van der Waals surface area contributed by atoms with Gasteiger partial charge in [0.1, 0.15) is 11.5 Å². The molecule has 1 fully saturated rings. The number of fused-ring (bicyclic) bond motifs is 1. The van der Waals surface area contributed by atoms with Crippen LogP contribution in [-0.4, -0.2) is 12.4 Å². The zero-order chi connectivity index (χ0) is 13.9. The molecule has 0 amide bonds. The van der Waals surface area contributed by atoms with Crippen molar-refractivity contribution in [3.63, 3.8) is 0 Å². The highest BCUT2D eigenvalue weighted by Crippen LogP contribution is 2.35. The van der Waals surface area contributed by atoms with Crippen molar-refractivity contribution in [1.82, 2.24) is 0 Å². The zero-order valence-corrected chi connectivity index (χ0v) is 12.3. The Kier molecular flexibility index (Phi) is 4.09. The summed E-state index contributed by atoms with van der Waals surface area (Å²) in [5.41, 5.74) is 1.19. The van der Waals surface area contributed by atoms with Gasteiger partial charge in [-0.25, -0.2) is 0 Å². The maximum Gasteiger partial charge on any atom is 0.142 e. The number of hydrogen-bond donors (Lipinski definition) is 0. The fraction of sp³-hybridized carbons (Fsp3) is 0.611. The van der Waals surface area contributed by atoms with E-state index in [9.17, 15) is 4.79 Å². The Morgan fingerprint density at radius 1 is 1.15 bits per heavy atom. The van der Waals surface area contributed by atoms with Crippen LogP contribution in [0.4, 0.5) is 0 Å². The third-order valence-corrected chi connectivity index (χ3v) is 5.11. The van der Waals surface area contributed by atoms with Gasteiger partial charge in [0.25, 0.3) is 0 Å². The summed E-state index contributed by atoms with van der Waals surface area (Å²) in [6, 6.07) is 8.11. The topological polar surface area (TPSA) is 26.3 Å². The molecular weight excluding hydrogens is 248 g/mol. The molecule has 1 atom stereocenters. The molecule has 0 spiro atoms. The first-order valence-electron chi connectivity index (χ1n) is 8.02. The van der Waals surface area contributed by atoms with Gasteiger partial charge in [0.2, 0.25) is 0 Å². The molecule has 0 saturated heterocycles. The van der Waals surface area contributed by atoms with Crippen LogP contribution < -0.4 is 4.74 Å². The summed E-state index contributed by atoms with van der Waals surface area (Å²) in [4.78, 5) is 12.7. The van der Waals surface area contributed by atoms with E-state index in [0.717, 1.165) is 30.9 Å². The summed E-state index contributed by atoms with van der Waals surface area (Å²) in [5, 5.41) is 0. The summed E-state index contributed by atoms with van der Waals surface area (Å²) in [7, 11) is 0. The Bertz CT molecular complexity index is 472. The number of ether oxygens (including phenoxy) is 1. The largest absolute Gasteiger partial charge is 0.493 e. The molecule has 108 valence electrons. The lowest BCUT2D eigenvalue weighted by Gasteiger charge is -2.31. The van der Waals surface area contributed by atoms with Gasteiger partial charge in [-0.1, -0.05) is 31.5 Å². The highest BCUT2D eigenvalue weighted by molar-refractivity contribution is 5.84. The zero-order valence-electron chi connectivity index (χ0n) is 12.3. The Morgan fingerprint density at radius 3 is 2.65 bits per heavy atom. The third-order valence-electron chi connectivity index (χ3n) is 5.11. The van der Waals surface area contributed by atoms with Crippen LogP contribution in [0.25, 0.3) is 0 Å². The fourth-order valence-corrected chi connectivity index (χ4v) is 3.70. The molecule has 2 heteroatoms. The predicted molar refractivity (Wildman–Crippen MR) is 79.9 cm³/mol. The Labute approximate surface area is 121 Å². The Balaban J connectivity index is 1.62. The summed E-state index contributed by atoms with van der Waals surface area (Å²) in [6.07, 6.45) is 6.78. The van der Waals surface area contributed by atoms with Crippen molar-refractivity contribution in [3.05, 3.63) is 29.8 Å². The Morgan fingerprint density at radius 2 is 1.90 bits per heavy atom. The number of benzene rings is 1. The Hall–Kier alpha value is -1.31. The molecule has 2 aliphatic rings. The van der Waals surface area contributed by atoms with Crippen LogP contribution >= 0.6 is 0 Å². The van der Waals surface area contributed by atoms with Crippen LogP contribution in [-0.2, 0) is 11.2 Å². The summed E-state index contributed by atoms with van der Waals surface area (Å²) < 4.78 is 5.77. The molecule has 1 aliphatic carbocycles. The van der Waals surface area contributed by atoms with E-state index >= 15 is 0 Å². The minimum Gasteiger partial charge on any atom is -0.493 e. The van der Waals surface area contributed by atoms with Gasteiger partial charge >= 0.3 is 0 Å². The molecule has 0 bridgehead atoms. The van der Waals surface area contributed by atoms with Crippen LogP contribution in [0.2, 0.25) is 0 Å². The van der Waals surface area contributed by atoms with Crippen molar-refractivity contribution >= 4 is 5.78 Å². The quantitative estimate of drug-likeness (QED) is 0.830. The smallest absolute Gasteiger partial charge is 0.142 e. The normalized spacial score (nSPS) is 29.4. The van der Waals surface area contributed by atoms with Gasteiger partial charge < -0.3 is 4.74 Å². The molecule has 20 heavy (non-hydrogen) atoms. The van der Waals surface area contributed by atoms with E-state index in [1.54, 1.807) is 0 Å². The SMILES string of the molecule is CCC1CCC(C(=O)C2COc3ccccc3C2)CC1. The second-order valence-corrected chi connectivity index (χ2v) is 6.35. The van der Waals surface area contributed by atoms with Crippen LogP contribution in [0.5, 0.6) is 5.75 Å². The van der Waals surface area contributed by atoms with Crippen molar-refractivity contribution in [2.24, 2.45) is 17.8 Å². The van der Waals surface area contributed by atoms with E-state index in [1.807, 2.05) is 18.2 Å². The van der Waals surface area contributed by atoms with Crippen molar-refractivity contribution in [1.29, 1.82) is 0 Å². The first kappa shape index (κ1) is 13.7. The van der Waals surface area contributed by atoms with Crippen molar-refractivity contribution in [2.75, 3.05) is 6.61 Å². The number of carbonyl (C=O) groups excluding carboxylic acids is 1. The number of hydrogen-bond acceptors (Lipinski definition) is 2. The third kappa shape index (κ3) is 2.74. The molecule has 0 N–H and O–H groups in total. The van der Waals surface area contributed by atoms with Gasteiger partial charge in [-0.3, -0.25) is 4.79 Å². The molecule has 0 radical (unpaired) electrons. The maximum absolute atomic E-state index is 12.7. The molecule has 1 heterocycles. The molecule has 1 unspecified atom stereocenters. The van der Waals surface area contributed by atoms with Gasteiger partial charge in [-0.05, 0) is 49.7 Å². The van der Waals surface area contributed by atoms with Gasteiger partial charge in [0, 0.05) is 5.92 Å². The molecule has 3 rings (SSSR count). The van der Waals surface area contributed by atoms with Crippen LogP contribution in [0, 0.1) is 17.8 Å². The minimum absolute atomic E-state index is 0.0769. The molecule has 2 nitrogen and oxygen atoms in total. The number of carbonyl (C=O) groups is 1. The average Bonchev–Trinajstić information content (AvgIpc) is 2.54. The number of ketones is 1. The number of para-hydroxylation sites is 1. The summed E-state index contributed by atoms with van der Waals surface area (Å²) in [6.45, 7) is 2.84. The van der Waals surface area contributed by atoms with E-state index in [4.69, 9.17) is 4.74 Å². The van der Waals surface area contributed by atoms with Crippen molar-refractivity contribution < 1.29 is 9.53 Å². The van der Waals surface area contributed by atoms with E-state index in [0.29, 0.717) is 12.4 Å². The van der Waals surface area contributed by atoms with Crippen LogP contribution in [0.1, 0.15) is 44.6 Å². The van der Waals surface area contributed by atoms with E-state index < -0.39 is 0 Å². The monoisotopic (exact) mass is 272 g/mol. The molecule has 0 aromatic heterocycles. The molecule has 1 aliphatic heterocycles. The lowest BCUT2D eigenvalue weighted by molar-refractivity contribution is -0.129. The van der Waals surface area contributed by atoms with Crippen molar-refractivity contribution in [3.8, 4) is 5.75 Å². The van der Waals surface area contributed by atoms with E-state index in [-0.39, 0.29) is 11.8 Å². The predicted octanol–water partition coefficient (Wildman–Crippen LogP) is 4.02. The molecular formula is C18H24O2. The fourth-order valence-electron chi connectivity index (χ4n) is 3.70. The standard InChI is InChI=1S/C18H24O2/c1-2-13-7-9-14(10-8-13)18(19)16-11-15-5-3-4-6-17(15)20-12-16/h3-6,13-14,16H,2,7-12H2,1H3. The van der Waals surface area contributed by atoms with Crippen LogP contribution in [0.3, 0.4) is 0 Å². The summed E-state index contributed by atoms with van der Waals surface area (Å²) >= 11 is 0. The van der Waals surface area contributed by atoms with E-state index in [1.165, 1.54) is 24.8 Å². The molecule has 1 aromatic rings. The number of Topliss-reactive ketones (excluding diaryl/α,β-unsaturated/α-hetero) is 1. The highest BCUT2D eigenvalue weighted by atomic mass is 16.5. The lowest BCUT2D eigenvalue weighted by Crippen LogP contribution is -2.34. The second-order valence-electron chi connectivity index (χ2n) is 6.35. The first-order chi connectivity index (χ1) is 9.78. The molecule has 1 saturated carbocycles. The second kappa shape index (κ2) is 5.99. The first-order valence-corrected chi connectivity index (χ1v) is 8.02. The lowest BCUT2D eigenvalue weighted by atomic mass is 9.75. The van der Waals surface area contributed by atoms with Gasteiger partial charge in [0.15, 0.2) is 0 Å². The van der Waals surface area contributed by atoms with Crippen molar-refractivity contribution in [2.45, 2.75) is 45.4 Å². The van der Waals surface area contributed by atoms with Gasteiger partial charge in [0.05, 0.1) is 12.5 Å². The van der Waals surface area contributed by atoms with Gasteiger partial charge in [-0.15, -0.1) is 0 Å².